The zero-order valence-corrected chi connectivity index (χ0v) is 11.9. The number of hydrogen-bond donors (Lipinski definition) is 2. The second-order valence-corrected chi connectivity index (χ2v) is 6.59. The molecule has 2 unspecified atom stereocenters. The number of rotatable bonds is 5. The number of carbonyl (C=O) groups excluding carboxylic acids is 1. The standard InChI is InChI=1S/C12H17NO3S2/c1-9-12(15,4-5-16-9)8-13-10(14)7-18-11-3-2-6-17-11/h2-3,6,9,15H,4-5,7-8H2,1H3,(H,13,14). The Morgan fingerprint density at radius 1 is 1.78 bits per heavy atom. The van der Waals surface area contributed by atoms with Crippen LogP contribution in [0.3, 0.4) is 0 Å². The molecular weight excluding hydrogens is 270 g/mol. The summed E-state index contributed by atoms with van der Waals surface area (Å²) in [6, 6.07) is 3.95. The van der Waals surface area contributed by atoms with Gasteiger partial charge in [0, 0.05) is 19.6 Å². The van der Waals surface area contributed by atoms with Gasteiger partial charge in [-0.05, 0) is 18.4 Å². The summed E-state index contributed by atoms with van der Waals surface area (Å²) in [4.78, 5) is 11.7. The number of thioether (sulfide) groups is 1. The molecule has 2 N–H and O–H groups in total. The molecule has 1 fully saturated rings. The van der Waals surface area contributed by atoms with Gasteiger partial charge in [-0.15, -0.1) is 23.1 Å². The van der Waals surface area contributed by atoms with Crippen molar-refractivity contribution in [3.05, 3.63) is 17.5 Å². The van der Waals surface area contributed by atoms with Crippen LogP contribution in [0.2, 0.25) is 0 Å². The molecule has 0 aromatic carbocycles. The van der Waals surface area contributed by atoms with Crippen molar-refractivity contribution in [2.24, 2.45) is 0 Å². The lowest BCUT2D eigenvalue weighted by atomic mass is 9.97. The van der Waals surface area contributed by atoms with Gasteiger partial charge in [-0.1, -0.05) is 6.07 Å². The van der Waals surface area contributed by atoms with Crippen LogP contribution in [0.1, 0.15) is 13.3 Å². The molecule has 18 heavy (non-hydrogen) atoms. The largest absolute Gasteiger partial charge is 0.385 e. The first-order valence-corrected chi connectivity index (χ1v) is 7.74. The first kappa shape index (κ1) is 13.9. The molecular formula is C12H17NO3S2. The quantitative estimate of drug-likeness (QED) is 0.806. The number of thiophene rings is 1. The van der Waals surface area contributed by atoms with Crippen LogP contribution in [-0.4, -0.2) is 41.6 Å². The van der Waals surface area contributed by atoms with E-state index in [0.717, 1.165) is 4.21 Å². The van der Waals surface area contributed by atoms with Crippen LogP contribution in [0, 0.1) is 0 Å². The van der Waals surface area contributed by atoms with Gasteiger partial charge in [0.2, 0.25) is 5.91 Å². The smallest absolute Gasteiger partial charge is 0.230 e. The van der Waals surface area contributed by atoms with E-state index in [9.17, 15) is 9.90 Å². The highest BCUT2D eigenvalue weighted by atomic mass is 32.2. The predicted octanol–water partition coefficient (Wildman–Crippen LogP) is 1.50. The molecule has 1 saturated heterocycles. The summed E-state index contributed by atoms with van der Waals surface area (Å²) in [5.41, 5.74) is -0.913. The molecule has 0 radical (unpaired) electrons. The van der Waals surface area contributed by atoms with E-state index < -0.39 is 5.60 Å². The molecule has 100 valence electrons. The normalized spacial score (nSPS) is 27.3. The minimum atomic E-state index is -0.913. The van der Waals surface area contributed by atoms with Gasteiger partial charge in [0.15, 0.2) is 0 Å². The summed E-state index contributed by atoms with van der Waals surface area (Å²) in [5.74, 6) is 0.326. The molecule has 0 spiro atoms. The molecule has 0 aliphatic carbocycles. The molecule has 1 aromatic heterocycles. The van der Waals surface area contributed by atoms with Crippen molar-refractivity contribution in [3.63, 3.8) is 0 Å². The van der Waals surface area contributed by atoms with Crippen LogP contribution in [0.25, 0.3) is 0 Å². The summed E-state index contributed by atoms with van der Waals surface area (Å²) < 4.78 is 6.44. The number of aliphatic hydroxyl groups is 1. The van der Waals surface area contributed by atoms with Gasteiger partial charge < -0.3 is 15.2 Å². The fraction of sp³-hybridized carbons (Fsp3) is 0.583. The Labute approximate surface area is 115 Å². The van der Waals surface area contributed by atoms with Crippen molar-refractivity contribution in [3.8, 4) is 0 Å². The topological polar surface area (TPSA) is 58.6 Å². The summed E-state index contributed by atoms with van der Waals surface area (Å²) in [5, 5.41) is 15.0. The third kappa shape index (κ3) is 3.47. The van der Waals surface area contributed by atoms with Crippen molar-refractivity contribution < 1.29 is 14.6 Å². The Balaban J connectivity index is 1.71. The Kier molecular flexibility index (Phi) is 4.66. The van der Waals surface area contributed by atoms with Gasteiger partial charge in [-0.3, -0.25) is 4.79 Å². The first-order chi connectivity index (χ1) is 8.60. The number of amides is 1. The maximum atomic E-state index is 11.7. The monoisotopic (exact) mass is 287 g/mol. The highest BCUT2D eigenvalue weighted by molar-refractivity contribution is 8.01. The van der Waals surface area contributed by atoms with E-state index in [1.807, 2.05) is 24.4 Å². The molecule has 1 aliphatic rings. The van der Waals surface area contributed by atoms with E-state index in [1.165, 1.54) is 11.8 Å². The van der Waals surface area contributed by atoms with Crippen LogP contribution >= 0.6 is 23.1 Å². The highest BCUT2D eigenvalue weighted by Crippen LogP contribution is 2.25. The summed E-state index contributed by atoms with van der Waals surface area (Å²) in [6.07, 6.45) is 0.356. The molecule has 6 heteroatoms. The van der Waals surface area contributed by atoms with Crippen molar-refractivity contribution in [1.82, 2.24) is 5.32 Å². The highest BCUT2D eigenvalue weighted by Gasteiger charge is 2.39. The summed E-state index contributed by atoms with van der Waals surface area (Å²) in [7, 11) is 0. The molecule has 0 saturated carbocycles. The van der Waals surface area contributed by atoms with Crippen molar-refractivity contribution in [2.75, 3.05) is 18.9 Å². The lowest BCUT2D eigenvalue weighted by Gasteiger charge is -2.26. The lowest BCUT2D eigenvalue weighted by Crippen LogP contribution is -2.47. The van der Waals surface area contributed by atoms with Gasteiger partial charge in [0.25, 0.3) is 0 Å². The zero-order valence-electron chi connectivity index (χ0n) is 10.2. The van der Waals surface area contributed by atoms with Gasteiger partial charge in [-0.25, -0.2) is 0 Å². The Morgan fingerprint density at radius 3 is 3.22 bits per heavy atom. The second kappa shape index (κ2) is 6.06. The average molecular weight is 287 g/mol. The van der Waals surface area contributed by atoms with Crippen molar-refractivity contribution >= 4 is 29.0 Å². The van der Waals surface area contributed by atoms with Gasteiger partial charge in [0.05, 0.1) is 16.1 Å². The second-order valence-electron chi connectivity index (χ2n) is 4.36. The van der Waals surface area contributed by atoms with E-state index >= 15 is 0 Å². The minimum absolute atomic E-state index is 0.0547. The third-order valence-electron chi connectivity index (χ3n) is 3.09. The molecule has 1 aromatic rings. The predicted molar refractivity (Wildman–Crippen MR) is 73.0 cm³/mol. The molecule has 0 bridgehead atoms. The van der Waals surface area contributed by atoms with Crippen LogP contribution in [-0.2, 0) is 9.53 Å². The van der Waals surface area contributed by atoms with Crippen molar-refractivity contribution in [1.29, 1.82) is 0 Å². The Bertz CT molecular complexity index is 396. The Hall–Kier alpha value is -0.560. The zero-order chi connectivity index (χ0) is 13.0. The fourth-order valence-corrected chi connectivity index (χ4v) is 3.40. The minimum Gasteiger partial charge on any atom is -0.385 e. The summed E-state index contributed by atoms with van der Waals surface area (Å²) >= 11 is 3.13. The van der Waals surface area contributed by atoms with Gasteiger partial charge in [0.1, 0.15) is 5.60 Å². The molecule has 2 atom stereocenters. The number of nitrogens with one attached hydrogen (secondary N) is 1. The third-order valence-corrected chi connectivity index (χ3v) is 5.22. The fourth-order valence-electron chi connectivity index (χ4n) is 1.79. The maximum absolute atomic E-state index is 11.7. The van der Waals surface area contributed by atoms with Crippen LogP contribution in [0.15, 0.2) is 21.7 Å². The maximum Gasteiger partial charge on any atom is 0.230 e. The molecule has 1 aliphatic heterocycles. The van der Waals surface area contributed by atoms with Crippen molar-refractivity contribution in [2.45, 2.75) is 29.3 Å². The van der Waals surface area contributed by atoms with Crippen LogP contribution in [0.4, 0.5) is 0 Å². The SMILES string of the molecule is CC1OCCC1(O)CNC(=O)CSc1cccs1. The number of carbonyl (C=O) groups is 1. The van der Waals surface area contributed by atoms with E-state index in [0.29, 0.717) is 18.8 Å². The van der Waals surface area contributed by atoms with E-state index in [4.69, 9.17) is 4.74 Å². The Morgan fingerprint density at radius 2 is 2.61 bits per heavy atom. The molecule has 1 amide bonds. The van der Waals surface area contributed by atoms with Gasteiger partial charge >= 0.3 is 0 Å². The van der Waals surface area contributed by atoms with E-state index in [2.05, 4.69) is 5.32 Å². The van der Waals surface area contributed by atoms with E-state index in [-0.39, 0.29) is 18.6 Å². The molecule has 2 heterocycles. The first-order valence-electron chi connectivity index (χ1n) is 5.87. The number of ether oxygens (including phenoxy) is 1. The van der Waals surface area contributed by atoms with Crippen LogP contribution < -0.4 is 5.32 Å². The van der Waals surface area contributed by atoms with E-state index in [1.54, 1.807) is 11.3 Å². The number of hydrogen-bond acceptors (Lipinski definition) is 5. The summed E-state index contributed by atoms with van der Waals surface area (Å²) in [6.45, 7) is 2.65. The average Bonchev–Trinajstić information content (AvgIpc) is 2.96. The lowest BCUT2D eigenvalue weighted by molar-refractivity contribution is -0.120. The van der Waals surface area contributed by atoms with Crippen LogP contribution in [0.5, 0.6) is 0 Å². The molecule has 2 rings (SSSR count). The molecule has 4 nitrogen and oxygen atoms in total. The van der Waals surface area contributed by atoms with Gasteiger partial charge in [-0.2, -0.15) is 0 Å².